The molecule has 0 aliphatic rings. The van der Waals surface area contributed by atoms with Crippen LogP contribution in [-0.2, 0) is 6.42 Å². The van der Waals surface area contributed by atoms with E-state index in [0.29, 0.717) is 11.7 Å². The second kappa shape index (κ2) is 5.54. The molecule has 2 heterocycles. The van der Waals surface area contributed by atoms with Crippen molar-refractivity contribution in [3.63, 3.8) is 0 Å². The zero-order valence-electron chi connectivity index (χ0n) is 9.84. The van der Waals surface area contributed by atoms with E-state index in [1.165, 1.54) is 0 Å². The van der Waals surface area contributed by atoms with Gasteiger partial charge in [0.05, 0.1) is 0 Å². The predicted octanol–water partition coefficient (Wildman–Crippen LogP) is 1.80. The van der Waals surface area contributed by atoms with Crippen LogP contribution in [0.4, 0.5) is 0 Å². The number of hydrogen-bond donors (Lipinski definition) is 1. The van der Waals surface area contributed by atoms with Gasteiger partial charge in [-0.3, -0.25) is 4.98 Å². The third-order valence-corrected chi connectivity index (χ3v) is 2.46. The van der Waals surface area contributed by atoms with Crippen molar-refractivity contribution in [3.05, 3.63) is 30.4 Å². The van der Waals surface area contributed by atoms with Gasteiger partial charge in [0.1, 0.15) is 0 Å². The van der Waals surface area contributed by atoms with Crippen LogP contribution < -0.4 is 5.73 Å². The van der Waals surface area contributed by atoms with Crippen molar-refractivity contribution in [2.75, 3.05) is 0 Å². The van der Waals surface area contributed by atoms with Crippen LogP contribution in [0.1, 0.15) is 25.7 Å². The molecule has 1 unspecified atom stereocenters. The SMILES string of the molecule is CC(N)CCCc1nc(-c2ccncc2)no1. The van der Waals surface area contributed by atoms with Crippen molar-refractivity contribution in [2.45, 2.75) is 32.2 Å². The number of rotatable bonds is 5. The zero-order chi connectivity index (χ0) is 12.1. The minimum Gasteiger partial charge on any atom is -0.339 e. The molecule has 2 aromatic rings. The van der Waals surface area contributed by atoms with E-state index in [9.17, 15) is 0 Å². The van der Waals surface area contributed by atoms with Gasteiger partial charge >= 0.3 is 0 Å². The lowest BCUT2D eigenvalue weighted by Gasteiger charge is -2.00. The van der Waals surface area contributed by atoms with Crippen LogP contribution in [0, 0.1) is 0 Å². The van der Waals surface area contributed by atoms with Crippen molar-refractivity contribution in [1.82, 2.24) is 15.1 Å². The zero-order valence-corrected chi connectivity index (χ0v) is 9.84. The fourth-order valence-electron chi connectivity index (χ4n) is 1.55. The molecule has 0 fully saturated rings. The Morgan fingerprint density at radius 1 is 1.35 bits per heavy atom. The van der Waals surface area contributed by atoms with E-state index in [1.807, 2.05) is 19.1 Å². The Hall–Kier alpha value is -1.75. The van der Waals surface area contributed by atoms with E-state index in [2.05, 4.69) is 15.1 Å². The minimum absolute atomic E-state index is 0.220. The van der Waals surface area contributed by atoms with E-state index in [-0.39, 0.29) is 6.04 Å². The van der Waals surface area contributed by atoms with Crippen LogP contribution in [0.3, 0.4) is 0 Å². The van der Waals surface area contributed by atoms with Gasteiger partial charge in [-0.25, -0.2) is 0 Å². The third-order valence-electron chi connectivity index (χ3n) is 2.46. The van der Waals surface area contributed by atoms with Crippen LogP contribution in [-0.4, -0.2) is 21.2 Å². The van der Waals surface area contributed by atoms with Crippen molar-refractivity contribution < 1.29 is 4.52 Å². The summed E-state index contributed by atoms with van der Waals surface area (Å²) in [6.45, 7) is 2.00. The largest absolute Gasteiger partial charge is 0.339 e. The van der Waals surface area contributed by atoms with Crippen molar-refractivity contribution in [1.29, 1.82) is 0 Å². The fraction of sp³-hybridized carbons (Fsp3) is 0.417. The lowest BCUT2D eigenvalue weighted by Crippen LogP contribution is -2.14. The Morgan fingerprint density at radius 2 is 2.12 bits per heavy atom. The number of hydrogen-bond acceptors (Lipinski definition) is 5. The first-order chi connectivity index (χ1) is 8.25. The molecule has 0 aliphatic heterocycles. The number of nitrogens with two attached hydrogens (primary N) is 1. The van der Waals surface area contributed by atoms with Crippen LogP contribution in [0.5, 0.6) is 0 Å². The molecule has 2 aromatic heterocycles. The number of nitrogens with zero attached hydrogens (tertiary/aromatic N) is 3. The van der Waals surface area contributed by atoms with Gasteiger partial charge in [0.2, 0.25) is 11.7 Å². The van der Waals surface area contributed by atoms with E-state index in [4.69, 9.17) is 10.3 Å². The van der Waals surface area contributed by atoms with E-state index >= 15 is 0 Å². The molecular weight excluding hydrogens is 216 g/mol. The van der Waals surface area contributed by atoms with Crippen LogP contribution in [0.2, 0.25) is 0 Å². The predicted molar refractivity (Wildman–Crippen MR) is 64.1 cm³/mol. The second-order valence-corrected chi connectivity index (χ2v) is 4.12. The normalized spacial score (nSPS) is 12.6. The molecule has 1 atom stereocenters. The molecule has 0 bridgehead atoms. The van der Waals surface area contributed by atoms with Crippen LogP contribution >= 0.6 is 0 Å². The maximum Gasteiger partial charge on any atom is 0.226 e. The molecule has 0 amide bonds. The second-order valence-electron chi connectivity index (χ2n) is 4.12. The first-order valence-corrected chi connectivity index (χ1v) is 5.74. The number of aryl methyl sites for hydroxylation is 1. The lowest BCUT2D eigenvalue weighted by atomic mass is 10.1. The molecule has 90 valence electrons. The molecule has 0 spiro atoms. The van der Waals surface area contributed by atoms with Crippen molar-refractivity contribution in [3.8, 4) is 11.4 Å². The first kappa shape index (κ1) is 11.7. The van der Waals surface area contributed by atoms with E-state index in [0.717, 1.165) is 24.8 Å². The maximum absolute atomic E-state index is 5.68. The molecule has 5 nitrogen and oxygen atoms in total. The quantitative estimate of drug-likeness (QED) is 0.850. The van der Waals surface area contributed by atoms with Crippen LogP contribution in [0.15, 0.2) is 29.0 Å². The smallest absolute Gasteiger partial charge is 0.226 e. The molecule has 0 radical (unpaired) electrons. The van der Waals surface area contributed by atoms with Gasteiger partial charge in [-0.1, -0.05) is 5.16 Å². The van der Waals surface area contributed by atoms with Gasteiger partial charge < -0.3 is 10.3 Å². The average molecular weight is 232 g/mol. The van der Waals surface area contributed by atoms with Gasteiger partial charge in [-0.15, -0.1) is 0 Å². The Labute approximate surface area is 100 Å². The molecule has 0 saturated carbocycles. The molecule has 0 aliphatic carbocycles. The first-order valence-electron chi connectivity index (χ1n) is 5.74. The molecule has 0 saturated heterocycles. The van der Waals surface area contributed by atoms with Gasteiger partial charge in [-0.05, 0) is 31.9 Å². The third kappa shape index (κ3) is 3.35. The summed E-state index contributed by atoms with van der Waals surface area (Å²) >= 11 is 0. The molecular formula is C12H16N4O. The summed E-state index contributed by atoms with van der Waals surface area (Å²) in [5.74, 6) is 1.28. The van der Waals surface area contributed by atoms with E-state index < -0.39 is 0 Å². The number of pyridine rings is 1. The fourth-order valence-corrected chi connectivity index (χ4v) is 1.55. The van der Waals surface area contributed by atoms with Gasteiger partial charge in [0.25, 0.3) is 0 Å². The summed E-state index contributed by atoms with van der Waals surface area (Å²) in [6, 6.07) is 3.94. The average Bonchev–Trinajstić information content (AvgIpc) is 2.78. The van der Waals surface area contributed by atoms with Gasteiger partial charge in [0.15, 0.2) is 0 Å². The van der Waals surface area contributed by atoms with Gasteiger partial charge in [-0.2, -0.15) is 4.98 Å². The Morgan fingerprint density at radius 3 is 2.82 bits per heavy atom. The summed E-state index contributed by atoms with van der Waals surface area (Å²) in [5, 5.41) is 3.94. The topological polar surface area (TPSA) is 77.8 Å². The summed E-state index contributed by atoms with van der Waals surface area (Å²) in [4.78, 5) is 8.28. The van der Waals surface area contributed by atoms with Gasteiger partial charge in [0, 0.05) is 30.4 Å². The van der Waals surface area contributed by atoms with Crippen molar-refractivity contribution >= 4 is 0 Å². The molecule has 0 aromatic carbocycles. The Kier molecular flexibility index (Phi) is 3.82. The Bertz CT molecular complexity index is 453. The molecule has 2 rings (SSSR count). The highest BCUT2D eigenvalue weighted by molar-refractivity contribution is 5.52. The monoisotopic (exact) mass is 232 g/mol. The number of aromatic nitrogens is 3. The molecule has 5 heteroatoms. The van der Waals surface area contributed by atoms with Crippen molar-refractivity contribution in [2.24, 2.45) is 5.73 Å². The highest BCUT2D eigenvalue weighted by atomic mass is 16.5. The molecule has 17 heavy (non-hydrogen) atoms. The summed E-state index contributed by atoms with van der Waals surface area (Å²) in [7, 11) is 0. The highest BCUT2D eigenvalue weighted by Crippen LogP contribution is 2.14. The van der Waals surface area contributed by atoms with Crippen LogP contribution in [0.25, 0.3) is 11.4 Å². The molecule has 2 N–H and O–H groups in total. The lowest BCUT2D eigenvalue weighted by molar-refractivity contribution is 0.373. The maximum atomic E-state index is 5.68. The Balaban J connectivity index is 1.97. The summed E-state index contributed by atoms with van der Waals surface area (Å²) < 4.78 is 5.18. The standard InChI is InChI=1S/C12H16N4O/c1-9(13)3-2-4-11-15-12(16-17-11)10-5-7-14-8-6-10/h5-9H,2-4,13H2,1H3. The minimum atomic E-state index is 0.220. The summed E-state index contributed by atoms with van der Waals surface area (Å²) in [5.41, 5.74) is 6.60. The highest BCUT2D eigenvalue weighted by Gasteiger charge is 2.08. The summed E-state index contributed by atoms with van der Waals surface area (Å²) in [6.07, 6.45) is 6.13. The van der Waals surface area contributed by atoms with E-state index in [1.54, 1.807) is 12.4 Å².